The van der Waals surface area contributed by atoms with Crippen molar-refractivity contribution < 1.29 is 0 Å². The first kappa shape index (κ1) is 34.6. The summed E-state index contributed by atoms with van der Waals surface area (Å²) in [5.74, 6) is 0. The Kier molecular flexibility index (Phi) is 7.52. The number of para-hydroxylation sites is 3. The van der Waals surface area contributed by atoms with Gasteiger partial charge in [0.05, 0.1) is 22.1 Å². The summed E-state index contributed by atoms with van der Waals surface area (Å²) >= 11 is 0. The van der Waals surface area contributed by atoms with Gasteiger partial charge < -0.3 is 9.47 Å². The molecule has 0 atom stereocenters. The average molecular weight is 767 g/mol. The first-order valence-electron chi connectivity index (χ1n) is 21.0. The van der Waals surface area contributed by atoms with Crippen molar-refractivity contribution >= 4 is 38.9 Å². The van der Waals surface area contributed by atoms with E-state index in [0.717, 1.165) is 17.1 Å². The highest BCUT2D eigenvalue weighted by molar-refractivity contribution is 6.21. The van der Waals surface area contributed by atoms with Crippen molar-refractivity contribution in [3.05, 3.63) is 252 Å². The summed E-state index contributed by atoms with van der Waals surface area (Å²) in [5.41, 5.74) is 19.2. The molecule has 9 aromatic carbocycles. The van der Waals surface area contributed by atoms with Gasteiger partial charge in [-0.1, -0.05) is 184 Å². The number of hydrogen-bond acceptors (Lipinski definition) is 1. The van der Waals surface area contributed by atoms with Crippen LogP contribution < -0.4 is 4.90 Å². The van der Waals surface area contributed by atoms with Gasteiger partial charge in [0.1, 0.15) is 0 Å². The molecule has 1 heterocycles. The normalized spacial score (nSPS) is 14.1. The van der Waals surface area contributed by atoms with E-state index in [1.54, 1.807) is 0 Å². The van der Waals surface area contributed by atoms with Gasteiger partial charge in [-0.15, -0.1) is 0 Å². The Balaban J connectivity index is 1.23. The molecule has 0 unspecified atom stereocenters. The fourth-order valence-electron chi connectivity index (χ4n) is 10.9. The molecule has 0 saturated carbocycles. The third-order valence-electron chi connectivity index (χ3n) is 13.4. The number of anilines is 3. The van der Waals surface area contributed by atoms with E-state index in [0.29, 0.717) is 0 Å². The van der Waals surface area contributed by atoms with Gasteiger partial charge in [0, 0.05) is 38.8 Å². The molecule has 0 radical (unpaired) electrons. The molecule has 0 aliphatic heterocycles. The lowest BCUT2D eigenvalue weighted by atomic mass is 9.67. The second-order valence-corrected chi connectivity index (χ2v) is 16.8. The average Bonchev–Trinajstić information content (AvgIpc) is 3.89. The molecule has 0 fully saturated rings. The van der Waals surface area contributed by atoms with Crippen molar-refractivity contribution in [3.63, 3.8) is 0 Å². The minimum absolute atomic E-state index is 0.230. The zero-order valence-corrected chi connectivity index (χ0v) is 33.7. The molecule has 0 amide bonds. The number of benzene rings is 9. The Bertz CT molecular complexity index is 3240. The van der Waals surface area contributed by atoms with E-state index in [1.165, 1.54) is 83.1 Å². The predicted octanol–water partition coefficient (Wildman–Crippen LogP) is 14.9. The highest BCUT2D eigenvalue weighted by Gasteiger charge is 2.46. The maximum Gasteiger partial charge on any atom is 0.0714 e. The molecule has 2 aliphatic carbocycles. The maximum absolute atomic E-state index is 2.57. The molecule has 0 N–H and O–H groups in total. The Labute approximate surface area is 351 Å². The van der Waals surface area contributed by atoms with Crippen molar-refractivity contribution in [2.75, 3.05) is 4.90 Å². The Morgan fingerprint density at radius 3 is 1.63 bits per heavy atom. The van der Waals surface area contributed by atoms with Crippen LogP contribution in [0.15, 0.2) is 218 Å². The van der Waals surface area contributed by atoms with E-state index in [4.69, 9.17) is 0 Å². The summed E-state index contributed by atoms with van der Waals surface area (Å²) in [6, 6.07) is 81.0. The fraction of sp³-hybridized carbons (Fsp3) is 0.0690. The van der Waals surface area contributed by atoms with Gasteiger partial charge >= 0.3 is 0 Å². The topological polar surface area (TPSA) is 8.17 Å². The molecule has 60 heavy (non-hydrogen) atoms. The van der Waals surface area contributed by atoms with Crippen molar-refractivity contribution in [3.8, 4) is 27.9 Å². The molecule has 1 aromatic heterocycles. The van der Waals surface area contributed by atoms with Crippen LogP contribution in [-0.4, -0.2) is 4.57 Å². The van der Waals surface area contributed by atoms with Crippen LogP contribution in [0.4, 0.5) is 17.1 Å². The van der Waals surface area contributed by atoms with E-state index in [-0.39, 0.29) is 5.41 Å². The third-order valence-corrected chi connectivity index (χ3v) is 13.4. The minimum atomic E-state index is -0.529. The number of hydrogen-bond donors (Lipinski definition) is 0. The van der Waals surface area contributed by atoms with E-state index < -0.39 is 5.41 Å². The molecule has 2 aliphatic rings. The second kappa shape index (κ2) is 13.0. The molecule has 0 spiro atoms. The Hall–Kier alpha value is -7.42. The smallest absolute Gasteiger partial charge is 0.0714 e. The molecule has 12 rings (SSSR count). The van der Waals surface area contributed by atoms with Crippen LogP contribution in [0.1, 0.15) is 47.2 Å². The van der Waals surface area contributed by atoms with Gasteiger partial charge in [0.2, 0.25) is 0 Å². The number of fused-ring (bicyclic) bond motifs is 9. The van der Waals surface area contributed by atoms with Crippen molar-refractivity contribution in [2.24, 2.45) is 0 Å². The number of nitrogens with zero attached hydrogens (tertiary/aromatic N) is 2. The van der Waals surface area contributed by atoms with Crippen LogP contribution in [0.25, 0.3) is 49.7 Å². The second-order valence-electron chi connectivity index (χ2n) is 16.8. The maximum atomic E-state index is 2.57. The van der Waals surface area contributed by atoms with Gasteiger partial charge in [0.15, 0.2) is 0 Å². The fourth-order valence-corrected chi connectivity index (χ4v) is 10.9. The summed E-state index contributed by atoms with van der Waals surface area (Å²) in [6.07, 6.45) is 0. The summed E-state index contributed by atoms with van der Waals surface area (Å²) < 4.78 is 2.48. The van der Waals surface area contributed by atoms with Crippen molar-refractivity contribution in [1.82, 2.24) is 4.57 Å². The monoisotopic (exact) mass is 766 g/mol. The largest absolute Gasteiger partial charge is 0.309 e. The minimum Gasteiger partial charge on any atom is -0.309 e. The number of rotatable bonds is 6. The molecule has 2 nitrogen and oxygen atoms in total. The third kappa shape index (κ3) is 4.70. The van der Waals surface area contributed by atoms with Gasteiger partial charge in [-0.3, -0.25) is 0 Å². The van der Waals surface area contributed by atoms with Crippen LogP contribution in [0, 0.1) is 0 Å². The SMILES string of the molecule is CC1(C)c2ccccc2-c2c1cc1c(c2N(c2ccccc2)c2cccc(C3(c4ccccc4)c4ccccc4-c4ccccc43)c2)c2ccccc2n1-c1ccccc1. The summed E-state index contributed by atoms with van der Waals surface area (Å²) in [6.45, 7) is 4.80. The molecular weight excluding hydrogens is 725 g/mol. The molecule has 284 valence electrons. The molecular formula is C58H42N2. The van der Waals surface area contributed by atoms with Gasteiger partial charge in [-0.25, -0.2) is 0 Å². The Morgan fingerprint density at radius 1 is 0.400 bits per heavy atom. The number of aromatic nitrogens is 1. The van der Waals surface area contributed by atoms with Crippen molar-refractivity contribution in [2.45, 2.75) is 24.7 Å². The lowest BCUT2D eigenvalue weighted by Crippen LogP contribution is -2.28. The summed E-state index contributed by atoms with van der Waals surface area (Å²) in [7, 11) is 0. The van der Waals surface area contributed by atoms with E-state index in [9.17, 15) is 0 Å². The summed E-state index contributed by atoms with van der Waals surface area (Å²) in [4.78, 5) is 2.57. The Morgan fingerprint density at radius 2 is 0.933 bits per heavy atom. The van der Waals surface area contributed by atoms with Crippen LogP contribution in [0.2, 0.25) is 0 Å². The van der Waals surface area contributed by atoms with Gasteiger partial charge in [-0.2, -0.15) is 0 Å². The molecule has 10 aromatic rings. The zero-order chi connectivity index (χ0) is 40.0. The quantitative estimate of drug-likeness (QED) is 0.164. The molecule has 0 saturated heterocycles. The predicted molar refractivity (Wildman–Crippen MR) is 250 cm³/mol. The van der Waals surface area contributed by atoms with E-state index >= 15 is 0 Å². The molecule has 2 heteroatoms. The molecule has 0 bridgehead atoms. The lowest BCUT2D eigenvalue weighted by molar-refractivity contribution is 0.661. The highest BCUT2D eigenvalue weighted by Crippen LogP contribution is 2.60. The highest BCUT2D eigenvalue weighted by atomic mass is 15.2. The van der Waals surface area contributed by atoms with Crippen LogP contribution in [0.5, 0.6) is 0 Å². The first-order valence-corrected chi connectivity index (χ1v) is 21.0. The van der Waals surface area contributed by atoms with E-state index in [1.807, 2.05) is 0 Å². The first-order chi connectivity index (χ1) is 29.6. The van der Waals surface area contributed by atoms with E-state index in [2.05, 4.69) is 242 Å². The van der Waals surface area contributed by atoms with Gasteiger partial charge in [-0.05, 0) is 98.6 Å². The zero-order valence-electron chi connectivity index (χ0n) is 33.7. The standard InChI is InChI=1S/C58H42N2/c1-57(2)48-33-16-14-31-46(48)54-51(57)38-53-55(47-32-15-19-36-52(47)60(53)42-26-10-5-11-27-42)56(54)59(41-24-8-4-9-25-41)43-28-20-23-40(37-43)58(39-21-6-3-7-22-39)49-34-17-12-29-44(49)45-30-13-18-35-50(45)58/h3-38H,1-2H3. The van der Waals surface area contributed by atoms with Crippen LogP contribution in [0.3, 0.4) is 0 Å². The van der Waals surface area contributed by atoms with Crippen molar-refractivity contribution in [1.29, 1.82) is 0 Å². The lowest BCUT2D eigenvalue weighted by Gasteiger charge is -2.35. The van der Waals surface area contributed by atoms with Crippen LogP contribution >= 0.6 is 0 Å². The van der Waals surface area contributed by atoms with Crippen LogP contribution in [-0.2, 0) is 10.8 Å². The summed E-state index contributed by atoms with van der Waals surface area (Å²) in [5, 5.41) is 2.47. The van der Waals surface area contributed by atoms with Gasteiger partial charge in [0.25, 0.3) is 0 Å².